The number of nitrogens with zero attached hydrogens (tertiary/aromatic N) is 1. The number of carbonyl (C=O) groups is 1. The van der Waals surface area contributed by atoms with E-state index in [1.54, 1.807) is 0 Å². The number of aryl methyl sites for hydroxylation is 2. The molecule has 4 nitrogen and oxygen atoms in total. The number of likely N-dealkylation sites (tertiary alicyclic amines) is 1. The summed E-state index contributed by atoms with van der Waals surface area (Å²) in [7, 11) is 0. The van der Waals surface area contributed by atoms with Crippen LogP contribution in [0, 0.1) is 13.8 Å². The zero-order chi connectivity index (χ0) is 15.9. The third-order valence-electron chi connectivity index (χ3n) is 4.36. The maximum atomic E-state index is 12.2. The Labute approximate surface area is 145 Å². The number of ether oxygens (including phenoxy) is 1. The van der Waals surface area contributed by atoms with Crippen LogP contribution in [-0.4, -0.2) is 36.5 Å². The smallest absolute Gasteiger partial charge is 0.222 e. The normalized spacial score (nSPS) is 17.0. The molecule has 0 aromatic heterocycles. The zero-order valence-corrected chi connectivity index (χ0v) is 15.0. The number of benzene rings is 1. The molecule has 0 aliphatic carbocycles. The molecule has 1 aliphatic rings. The van der Waals surface area contributed by atoms with Crippen LogP contribution in [0.2, 0.25) is 0 Å². The topological polar surface area (TPSA) is 55.6 Å². The van der Waals surface area contributed by atoms with Crippen LogP contribution >= 0.6 is 12.4 Å². The van der Waals surface area contributed by atoms with Gasteiger partial charge < -0.3 is 15.4 Å². The SMILES string of the molecule is Cc1ccc(C)c(OCCCCC(=O)N2CCCC2CN)c1.Cl. The molecule has 0 spiro atoms. The third kappa shape index (κ3) is 5.70. The maximum Gasteiger partial charge on any atom is 0.222 e. The Bertz CT molecular complexity index is 508. The second kappa shape index (κ2) is 9.78. The summed E-state index contributed by atoms with van der Waals surface area (Å²) in [5.74, 6) is 1.20. The van der Waals surface area contributed by atoms with E-state index in [9.17, 15) is 4.79 Å². The molecule has 23 heavy (non-hydrogen) atoms. The fourth-order valence-electron chi connectivity index (χ4n) is 2.98. The van der Waals surface area contributed by atoms with Gasteiger partial charge in [-0.1, -0.05) is 12.1 Å². The van der Waals surface area contributed by atoms with Crippen LogP contribution in [0.1, 0.15) is 43.2 Å². The maximum absolute atomic E-state index is 12.2. The van der Waals surface area contributed by atoms with Gasteiger partial charge in [0.2, 0.25) is 5.91 Å². The molecule has 1 amide bonds. The predicted octanol–water partition coefficient (Wildman–Crippen LogP) is 3.22. The van der Waals surface area contributed by atoms with Crippen molar-refractivity contribution in [3.05, 3.63) is 29.3 Å². The molecule has 0 bridgehead atoms. The molecule has 5 heteroatoms. The molecular formula is C18H29ClN2O2. The quantitative estimate of drug-likeness (QED) is 0.775. The highest BCUT2D eigenvalue weighted by Gasteiger charge is 2.26. The molecule has 1 aromatic rings. The van der Waals surface area contributed by atoms with E-state index in [1.807, 2.05) is 4.90 Å². The van der Waals surface area contributed by atoms with Crippen molar-refractivity contribution >= 4 is 18.3 Å². The van der Waals surface area contributed by atoms with Crippen molar-refractivity contribution in [2.45, 2.75) is 52.0 Å². The van der Waals surface area contributed by atoms with E-state index in [1.165, 1.54) is 5.56 Å². The molecule has 1 heterocycles. The monoisotopic (exact) mass is 340 g/mol. The lowest BCUT2D eigenvalue weighted by Gasteiger charge is -2.23. The van der Waals surface area contributed by atoms with Gasteiger partial charge >= 0.3 is 0 Å². The van der Waals surface area contributed by atoms with Gasteiger partial charge in [0.05, 0.1) is 6.61 Å². The second-order valence-corrected chi connectivity index (χ2v) is 6.19. The molecule has 0 saturated carbocycles. The van der Waals surface area contributed by atoms with Crippen molar-refractivity contribution in [2.24, 2.45) is 5.73 Å². The highest BCUT2D eigenvalue weighted by molar-refractivity contribution is 5.85. The Kier molecular flexibility index (Phi) is 8.42. The molecule has 0 radical (unpaired) electrons. The van der Waals surface area contributed by atoms with Crippen LogP contribution < -0.4 is 10.5 Å². The van der Waals surface area contributed by atoms with Gasteiger partial charge in [0.1, 0.15) is 5.75 Å². The number of halogens is 1. The van der Waals surface area contributed by atoms with Crippen molar-refractivity contribution in [3.8, 4) is 5.75 Å². The minimum Gasteiger partial charge on any atom is -0.493 e. The molecule has 1 fully saturated rings. The fourth-order valence-corrected chi connectivity index (χ4v) is 2.98. The summed E-state index contributed by atoms with van der Waals surface area (Å²) in [5, 5.41) is 0. The Morgan fingerprint density at radius 3 is 2.87 bits per heavy atom. The lowest BCUT2D eigenvalue weighted by atomic mass is 10.1. The van der Waals surface area contributed by atoms with Gasteiger partial charge in [-0.2, -0.15) is 0 Å². The van der Waals surface area contributed by atoms with E-state index in [-0.39, 0.29) is 24.4 Å². The molecule has 1 aliphatic heterocycles. The largest absolute Gasteiger partial charge is 0.493 e. The van der Waals surface area contributed by atoms with Crippen molar-refractivity contribution in [3.63, 3.8) is 0 Å². The van der Waals surface area contributed by atoms with Crippen molar-refractivity contribution < 1.29 is 9.53 Å². The summed E-state index contributed by atoms with van der Waals surface area (Å²) < 4.78 is 5.82. The molecular weight excluding hydrogens is 312 g/mol. The lowest BCUT2D eigenvalue weighted by Crippen LogP contribution is -2.39. The number of hydrogen-bond donors (Lipinski definition) is 1. The summed E-state index contributed by atoms with van der Waals surface area (Å²) in [6.45, 7) is 6.24. The third-order valence-corrected chi connectivity index (χ3v) is 4.36. The minimum atomic E-state index is 0. The van der Waals surface area contributed by atoms with Gasteiger partial charge in [0, 0.05) is 25.6 Å². The first-order valence-electron chi connectivity index (χ1n) is 8.31. The number of rotatable bonds is 7. The Balaban J connectivity index is 0.00000264. The first-order valence-corrected chi connectivity index (χ1v) is 8.31. The predicted molar refractivity (Wildman–Crippen MR) is 96.3 cm³/mol. The van der Waals surface area contributed by atoms with Crippen molar-refractivity contribution in [2.75, 3.05) is 19.7 Å². The average molecular weight is 341 g/mol. The van der Waals surface area contributed by atoms with Crippen LogP contribution in [0.5, 0.6) is 5.75 Å². The van der Waals surface area contributed by atoms with Crippen molar-refractivity contribution in [1.82, 2.24) is 4.90 Å². The van der Waals surface area contributed by atoms with Crippen LogP contribution in [-0.2, 0) is 4.79 Å². The number of hydrogen-bond acceptors (Lipinski definition) is 3. The number of amides is 1. The van der Waals surface area contributed by atoms with Gasteiger partial charge in [-0.15, -0.1) is 12.4 Å². The molecule has 1 atom stereocenters. The van der Waals surface area contributed by atoms with Gasteiger partial charge in [0.25, 0.3) is 0 Å². The van der Waals surface area contributed by atoms with Crippen LogP contribution in [0.3, 0.4) is 0 Å². The lowest BCUT2D eigenvalue weighted by molar-refractivity contribution is -0.132. The van der Waals surface area contributed by atoms with Crippen LogP contribution in [0.4, 0.5) is 0 Å². The Morgan fingerprint density at radius 1 is 1.35 bits per heavy atom. The van der Waals surface area contributed by atoms with E-state index in [0.29, 0.717) is 19.6 Å². The summed E-state index contributed by atoms with van der Waals surface area (Å²) in [6, 6.07) is 6.49. The molecule has 1 saturated heterocycles. The van der Waals surface area contributed by atoms with Crippen molar-refractivity contribution in [1.29, 1.82) is 0 Å². The first-order chi connectivity index (χ1) is 10.6. The number of nitrogens with two attached hydrogens (primary N) is 1. The first kappa shape index (κ1) is 19.8. The number of unbranched alkanes of at least 4 members (excludes halogenated alkanes) is 1. The zero-order valence-electron chi connectivity index (χ0n) is 14.2. The van der Waals surface area contributed by atoms with Gasteiger partial charge in [-0.05, 0) is 56.7 Å². The average Bonchev–Trinajstić information content (AvgIpc) is 2.98. The van der Waals surface area contributed by atoms with E-state index in [0.717, 1.165) is 43.5 Å². The Morgan fingerprint density at radius 2 is 2.13 bits per heavy atom. The van der Waals surface area contributed by atoms with E-state index < -0.39 is 0 Å². The van der Waals surface area contributed by atoms with Crippen LogP contribution in [0.15, 0.2) is 18.2 Å². The fraction of sp³-hybridized carbons (Fsp3) is 0.611. The minimum absolute atomic E-state index is 0. The second-order valence-electron chi connectivity index (χ2n) is 6.19. The van der Waals surface area contributed by atoms with Gasteiger partial charge in [-0.3, -0.25) is 4.79 Å². The summed E-state index contributed by atoms with van der Waals surface area (Å²) >= 11 is 0. The van der Waals surface area contributed by atoms with E-state index >= 15 is 0 Å². The molecule has 1 unspecified atom stereocenters. The highest BCUT2D eigenvalue weighted by atomic mass is 35.5. The van der Waals surface area contributed by atoms with E-state index in [2.05, 4.69) is 32.0 Å². The summed E-state index contributed by atoms with van der Waals surface area (Å²) in [5.41, 5.74) is 8.08. The summed E-state index contributed by atoms with van der Waals surface area (Å²) in [4.78, 5) is 14.1. The van der Waals surface area contributed by atoms with E-state index in [4.69, 9.17) is 10.5 Å². The van der Waals surface area contributed by atoms with Gasteiger partial charge in [0.15, 0.2) is 0 Å². The molecule has 1 aromatic carbocycles. The van der Waals surface area contributed by atoms with Gasteiger partial charge in [-0.25, -0.2) is 0 Å². The molecule has 2 N–H and O–H groups in total. The summed E-state index contributed by atoms with van der Waals surface area (Å²) in [6.07, 6.45) is 4.52. The molecule has 130 valence electrons. The molecule has 2 rings (SSSR count). The standard InChI is InChI=1S/C18H28N2O2.ClH/c1-14-8-9-15(2)17(12-14)22-11-4-3-7-18(21)20-10-5-6-16(20)13-19;/h8-9,12,16H,3-7,10-11,13,19H2,1-2H3;1H. The number of carbonyl (C=O) groups excluding carboxylic acids is 1. The highest BCUT2D eigenvalue weighted by Crippen LogP contribution is 2.20. The van der Waals surface area contributed by atoms with Crippen LogP contribution in [0.25, 0.3) is 0 Å². The Hall–Kier alpha value is -1.26.